The van der Waals surface area contributed by atoms with E-state index < -0.39 is 10.0 Å². The molecule has 2 fully saturated rings. The second-order valence-corrected chi connectivity index (χ2v) is 11.3. The second-order valence-electron chi connectivity index (χ2n) is 9.55. The van der Waals surface area contributed by atoms with Gasteiger partial charge in [0.15, 0.2) is 0 Å². The van der Waals surface area contributed by atoms with Crippen molar-refractivity contribution >= 4 is 21.6 Å². The minimum Gasteiger partial charge on any atom is -0.385 e. The number of benzene rings is 2. The third kappa shape index (κ3) is 4.99. The summed E-state index contributed by atoms with van der Waals surface area (Å²) in [5, 5.41) is 3.32. The molecule has 1 saturated carbocycles. The first-order valence-electron chi connectivity index (χ1n) is 12.3. The number of amides is 1. The zero-order chi connectivity index (χ0) is 23.5. The Kier molecular flexibility index (Phi) is 6.90. The van der Waals surface area contributed by atoms with Crippen LogP contribution in [0.1, 0.15) is 49.3 Å². The number of rotatable bonds is 5. The van der Waals surface area contributed by atoms with E-state index in [0.29, 0.717) is 50.3 Å². The molecule has 1 aliphatic carbocycles. The summed E-state index contributed by atoms with van der Waals surface area (Å²) < 4.78 is 34.6. The van der Waals surface area contributed by atoms with Gasteiger partial charge in [0.1, 0.15) is 0 Å². The van der Waals surface area contributed by atoms with Crippen LogP contribution in [-0.4, -0.2) is 51.6 Å². The molecule has 0 spiro atoms. The average Bonchev–Trinajstić information content (AvgIpc) is 2.89. The number of carbonyl (C=O) groups is 1. The lowest BCUT2D eigenvalue weighted by atomic mass is 9.85. The SMILES string of the molecule is O=C([C@H]1CC[C@H](NS(=O)(=O)c2ccc3c(c2)CCCN3)CC1)N1CCOCC1c1ccccc1. The lowest BCUT2D eigenvalue weighted by Gasteiger charge is -2.39. The number of ether oxygens (including phenoxy) is 1. The Morgan fingerprint density at radius 2 is 1.85 bits per heavy atom. The minimum atomic E-state index is -3.59. The summed E-state index contributed by atoms with van der Waals surface area (Å²) in [5.74, 6) is 0.0977. The first-order chi connectivity index (χ1) is 16.5. The third-order valence-corrected chi connectivity index (χ3v) is 8.84. The Morgan fingerprint density at radius 1 is 1.06 bits per heavy atom. The predicted molar refractivity (Wildman–Crippen MR) is 131 cm³/mol. The minimum absolute atomic E-state index is 0.0582. The van der Waals surface area contributed by atoms with Gasteiger partial charge in [-0.15, -0.1) is 0 Å². The van der Waals surface area contributed by atoms with E-state index in [1.807, 2.05) is 41.3 Å². The molecule has 8 heteroatoms. The largest absolute Gasteiger partial charge is 0.385 e. The van der Waals surface area contributed by atoms with Crippen molar-refractivity contribution in [2.45, 2.75) is 55.5 Å². The van der Waals surface area contributed by atoms with E-state index in [-0.39, 0.29) is 23.9 Å². The smallest absolute Gasteiger partial charge is 0.240 e. The third-order valence-electron chi connectivity index (χ3n) is 7.32. The van der Waals surface area contributed by atoms with E-state index in [4.69, 9.17) is 4.74 Å². The molecule has 34 heavy (non-hydrogen) atoms. The highest BCUT2D eigenvalue weighted by Crippen LogP contribution is 2.32. The van der Waals surface area contributed by atoms with Crippen molar-refractivity contribution in [2.75, 3.05) is 31.6 Å². The van der Waals surface area contributed by atoms with Gasteiger partial charge in [-0.2, -0.15) is 0 Å². The van der Waals surface area contributed by atoms with E-state index in [9.17, 15) is 13.2 Å². The van der Waals surface area contributed by atoms with E-state index in [0.717, 1.165) is 36.2 Å². The van der Waals surface area contributed by atoms with Crippen molar-refractivity contribution in [3.63, 3.8) is 0 Å². The quantitative estimate of drug-likeness (QED) is 0.680. The molecule has 7 nitrogen and oxygen atoms in total. The van der Waals surface area contributed by atoms with E-state index in [2.05, 4.69) is 10.0 Å². The molecule has 0 radical (unpaired) electrons. The summed E-state index contributed by atoms with van der Waals surface area (Å²) in [6.07, 6.45) is 4.63. The molecule has 3 aliphatic rings. The zero-order valence-corrected chi connectivity index (χ0v) is 20.2. The number of hydrogen-bond acceptors (Lipinski definition) is 5. The molecule has 2 heterocycles. The molecule has 1 saturated heterocycles. The van der Waals surface area contributed by atoms with Crippen LogP contribution < -0.4 is 10.0 Å². The van der Waals surface area contributed by atoms with Gasteiger partial charge < -0.3 is 15.0 Å². The number of fused-ring (bicyclic) bond motifs is 1. The van der Waals surface area contributed by atoms with Crippen LogP contribution in [0.3, 0.4) is 0 Å². The number of sulfonamides is 1. The van der Waals surface area contributed by atoms with E-state index >= 15 is 0 Å². The van der Waals surface area contributed by atoms with Gasteiger partial charge in [0, 0.05) is 30.7 Å². The van der Waals surface area contributed by atoms with Gasteiger partial charge in [-0.3, -0.25) is 4.79 Å². The number of nitrogens with one attached hydrogen (secondary N) is 2. The van der Waals surface area contributed by atoms with Gasteiger partial charge in [-0.05, 0) is 67.9 Å². The van der Waals surface area contributed by atoms with Crippen LogP contribution in [0.25, 0.3) is 0 Å². The van der Waals surface area contributed by atoms with Gasteiger partial charge in [0.2, 0.25) is 15.9 Å². The summed E-state index contributed by atoms with van der Waals surface area (Å²) in [6, 6.07) is 15.2. The maximum Gasteiger partial charge on any atom is 0.240 e. The summed E-state index contributed by atoms with van der Waals surface area (Å²) >= 11 is 0. The number of aryl methyl sites for hydroxylation is 1. The molecule has 2 aliphatic heterocycles. The second kappa shape index (κ2) is 10.1. The summed E-state index contributed by atoms with van der Waals surface area (Å²) in [7, 11) is -3.59. The molecule has 0 aromatic heterocycles. The van der Waals surface area contributed by atoms with Gasteiger partial charge in [-0.1, -0.05) is 30.3 Å². The van der Waals surface area contributed by atoms with Crippen molar-refractivity contribution in [1.29, 1.82) is 0 Å². The molecule has 2 N–H and O–H groups in total. The monoisotopic (exact) mass is 483 g/mol. The Hall–Kier alpha value is -2.42. The average molecular weight is 484 g/mol. The highest BCUT2D eigenvalue weighted by molar-refractivity contribution is 7.89. The Labute approximate surface area is 201 Å². The number of hydrogen-bond donors (Lipinski definition) is 2. The number of nitrogens with zero attached hydrogens (tertiary/aromatic N) is 1. The van der Waals surface area contributed by atoms with E-state index in [1.165, 1.54) is 0 Å². The van der Waals surface area contributed by atoms with Crippen molar-refractivity contribution in [3.05, 3.63) is 59.7 Å². The van der Waals surface area contributed by atoms with Crippen molar-refractivity contribution in [3.8, 4) is 0 Å². The molecule has 1 atom stereocenters. The van der Waals surface area contributed by atoms with Gasteiger partial charge in [0.05, 0.1) is 24.2 Å². The maximum absolute atomic E-state index is 13.4. The highest BCUT2D eigenvalue weighted by atomic mass is 32.2. The van der Waals surface area contributed by atoms with E-state index in [1.54, 1.807) is 12.1 Å². The number of morpholine rings is 1. The van der Waals surface area contributed by atoms with Crippen molar-refractivity contribution in [1.82, 2.24) is 9.62 Å². The Bertz CT molecular complexity index is 1110. The Morgan fingerprint density at radius 3 is 2.65 bits per heavy atom. The molecule has 2 aromatic carbocycles. The van der Waals surface area contributed by atoms with Crippen LogP contribution in [0, 0.1) is 5.92 Å². The molecule has 182 valence electrons. The van der Waals surface area contributed by atoms with Crippen LogP contribution in [0.15, 0.2) is 53.4 Å². The summed E-state index contributed by atoms with van der Waals surface area (Å²) in [6.45, 7) is 2.59. The first-order valence-corrected chi connectivity index (χ1v) is 13.8. The fourth-order valence-corrected chi connectivity index (χ4v) is 6.77. The normalized spacial score (nSPS) is 25.3. The summed E-state index contributed by atoms with van der Waals surface area (Å²) in [5.41, 5.74) is 3.18. The molecule has 0 bridgehead atoms. The van der Waals surface area contributed by atoms with Crippen LogP contribution in [0.4, 0.5) is 5.69 Å². The van der Waals surface area contributed by atoms with Crippen LogP contribution >= 0.6 is 0 Å². The Balaban J connectivity index is 1.20. The highest BCUT2D eigenvalue weighted by Gasteiger charge is 2.35. The lowest BCUT2D eigenvalue weighted by Crippen LogP contribution is -2.47. The molecule has 5 rings (SSSR count). The topological polar surface area (TPSA) is 87.7 Å². The molecule has 1 unspecified atom stereocenters. The molecular weight excluding hydrogens is 450 g/mol. The van der Waals surface area contributed by atoms with Crippen molar-refractivity contribution < 1.29 is 17.9 Å². The fraction of sp³-hybridized carbons (Fsp3) is 0.500. The molecule has 1 amide bonds. The number of carbonyl (C=O) groups excluding carboxylic acids is 1. The van der Waals surface area contributed by atoms with Crippen LogP contribution in [0.5, 0.6) is 0 Å². The lowest BCUT2D eigenvalue weighted by molar-refractivity contribution is -0.145. The zero-order valence-electron chi connectivity index (χ0n) is 19.4. The van der Waals surface area contributed by atoms with Crippen LogP contribution in [-0.2, 0) is 26.0 Å². The van der Waals surface area contributed by atoms with Crippen molar-refractivity contribution in [2.24, 2.45) is 5.92 Å². The first kappa shape index (κ1) is 23.3. The summed E-state index contributed by atoms with van der Waals surface area (Å²) in [4.78, 5) is 15.7. The molecule has 2 aromatic rings. The standard InChI is InChI=1S/C26H33N3O4S/c30-26(29-15-16-33-18-25(29)19-5-2-1-3-6-19)20-8-10-22(11-9-20)28-34(31,32)23-12-13-24-21(17-23)7-4-14-27-24/h1-3,5-6,12-13,17,20,22,25,27-28H,4,7-11,14-16,18H2/t20-,22-,25?. The van der Waals surface area contributed by atoms with Crippen LogP contribution in [0.2, 0.25) is 0 Å². The maximum atomic E-state index is 13.4. The molecular formula is C26H33N3O4S. The van der Waals surface area contributed by atoms with Gasteiger partial charge in [-0.25, -0.2) is 13.1 Å². The fourth-order valence-electron chi connectivity index (χ4n) is 5.42. The van der Waals surface area contributed by atoms with Gasteiger partial charge in [0.25, 0.3) is 0 Å². The number of anilines is 1. The van der Waals surface area contributed by atoms with Gasteiger partial charge >= 0.3 is 0 Å². The predicted octanol–water partition coefficient (Wildman–Crippen LogP) is 3.48.